The molecule has 3 rings (SSSR count). The number of amides is 1. The Labute approximate surface area is 205 Å². The van der Waals surface area contributed by atoms with Crippen molar-refractivity contribution in [2.45, 2.75) is 50.2 Å². The van der Waals surface area contributed by atoms with Crippen molar-refractivity contribution in [1.82, 2.24) is 9.62 Å². The molecule has 35 heavy (non-hydrogen) atoms. The highest BCUT2D eigenvalue weighted by molar-refractivity contribution is 7.89. The number of aliphatic carboxylic acids is 1. The fraction of sp³-hybridized carbons (Fsp3) is 0.400. The number of piperidine rings is 1. The summed E-state index contributed by atoms with van der Waals surface area (Å²) in [5.74, 6) is -2.10. The van der Waals surface area contributed by atoms with Gasteiger partial charge in [0.1, 0.15) is 5.60 Å². The van der Waals surface area contributed by atoms with Crippen molar-refractivity contribution in [2.24, 2.45) is 5.92 Å². The van der Waals surface area contributed by atoms with Crippen molar-refractivity contribution in [3.8, 4) is 6.07 Å². The van der Waals surface area contributed by atoms with Crippen LogP contribution in [-0.4, -0.2) is 49.2 Å². The standard InChI is InChI=1S/C25H29N3O6S/c1-25(2,3)34-24(31)28-11-10-21(23(29)30)22(16-28)19-8-4-7-18(12-19)15-27-35(32,33)20-9-5-6-17(13-20)14-26/h4-9,12-13,21-22,27H,10-11,15-16H2,1-3H3,(H,29,30)/t21-,22+/m1/s1. The Morgan fingerprint density at radius 2 is 1.91 bits per heavy atom. The van der Waals surface area contributed by atoms with E-state index in [1.165, 1.54) is 29.2 Å². The lowest BCUT2D eigenvalue weighted by Gasteiger charge is -2.37. The molecule has 0 saturated carbocycles. The number of nitriles is 1. The average Bonchev–Trinajstić information content (AvgIpc) is 2.81. The Morgan fingerprint density at radius 1 is 1.20 bits per heavy atom. The van der Waals surface area contributed by atoms with Crippen molar-refractivity contribution in [3.05, 3.63) is 65.2 Å². The maximum atomic E-state index is 12.7. The minimum absolute atomic E-state index is 0.0149. The predicted octanol–water partition coefficient (Wildman–Crippen LogP) is 3.46. The summed E-state index contributed by atoms with van der Waals surface area (Å²) < 4.78 is 33.3. The van der Waals surface area contributed by atoms with Crippen LogP contribution < -0.4 is 4.72 Å². The highest BCUT2D eigenvalue weighted by Crippen LogP contribution is 2.34. The summed E-state index contributed by atoms with van der Waals surface area (Å²) in [5, 5.41) is 18.8. The van der Waals surface area contributed by atoms with Gasteiger partial charge in [-0.1, -0.05) is 30.3 Å². The minimum Gasteiger partial charge on any atom is -0.481 e. The summed E-state index contributed by atoms with van der Waals surface area (Å²) >= 11 is 0. The Hall–Kier alpha value is -3.42. The molecule has 1 aliphatic rings. The van der Waals surface area contributed by atoms with Crippen molar-refractivity contribution in [3.63, 3.8) is 0 Å². The van der Waals surface area contributed by atoms with Gasteiger partial charge in [-0.3, -0.25) is 4.79 Å². The molecule has 0 aliphatic carbocycles. The number of carbonyl (C=O) groups excluding carboxylic acids is 1. The Morgan fingerprint density at radius 3 is 2.57 bits per heavy atom. The maximum Gasteiger partial charge on any atom is 0.410 e. The van der Waals surface area contributed by atoms with Gasteiger partial charge in [0.25, 0.3) is 0 Å². The third-order valence-electron chi connectivity index (χ3n) is 5.70. The number of hydrogen-bond donors (Lipinski definition) is 2. The minimum atomic E-state index is -3.86. The first kappa shape index (κ1) is 26.2. The normalized spacial score (nSPS) is 18.5. The van der Waals surface area contributed by atoms with Crippen LogP contribution in [0.4, 0.5) is 4.79 Å². The molecular weight excluding hydrogens is 470 g/mol. The number of nitrogens with one attached hydrogen (secondary N) is 1. The molecule has 2 N–H and O–H groups in total. The second kappa shape index (κ2) is 10.5. The number of ether oxygens (including phenoxy) is 1. The number of sulfonamides is 1. The molecule has 1 aliphatic heterocycles. The van der Waals surface area contributed by atoms with Crippen LogP contribution in [0.25, 0.3) is 0 Å². The summed E-state index contributed by atoms with van der Waals surface area (Å²) in [6, 6.07) is 14.7. The highest BCUT2D eigenvalue weighted by Gasteiger charge is 2.38. The smallest absolute Gasteiger partial charge is 0.410 e. The van der Waals surface area contributed by atoms with Gasteiger partial charge in [0.2, 0.25) is 10.0 Å². The summed E-state index contributed by atoms with van der Waals surface area (Å²) in [6.45, 7) is 5.76. The van der Waals surface area contributed by atoms with E-state index in [-0.39, 0.29) is 36.5 Å². The molecule has 0 radical (unpaired) electrons. The fourth-order valence-electron chi connectivity index (χ4n) is 4.01. The average molecular weight is 500 g/mol. The number of carboxylic acid groups (broad SMARTS) is 1. The second-order valence-electron chi connectivity index (χ2n) is 9.48. The quantitative estimate of drug-likeness (QED) is 0.621. The molecule has 2 atom stereocenters. The van der Waals surface area contributed by atoms with E-state index in [0.717, 1.165) is 0 Å². The number of benzene rings is 2. The van der Waals surface area contributed by atoms with Crippen LogP contribution in [0.2, 0.25) is 0 Å². The number of rotatable bonds is 6. The molecule has 2 aromatic carbocycles. The summed E-state index contributed by atoms with van der Waals surface area (Å²) in [4.78, 5) is 26.0. The topological polar surface area (TPSA) is 137 Å². The largest absolute Gasteiger partial charge is 0.481 e. The molecule has 1 saturated heterocycles. The van der Waals surface area contributed by atoms with E-state index in [4.69, 9.17) is 10.00 Å². The summed E-state index contributed by atoms with van der Waals surface area (Å²) in [5.41, 5.74) is 0.913. The van der Waals surface area contributed by atoms with Crippen LogP contribution in [0.5, 0.6) is 0 Å². The lowest BCUT2D eigenvalue weighted by atomic mass is 9.80. The van der Waals surface area contributed by atoms with E-state index < -0.39 is 39.5 Å². The molecule has 1 amide bonds. The van der Waals surface area contributed by atoms with Crippen LogP contribution in [0.3, 0.4) is 0 Å². The zero-order valence-electron chi connectivity index (χ0n) is 19.9. The van der Waals surface area contributed by atoms with Crippen molar-refractivity contribution >= 4 is 22.1 Å². The van der Waals surface area contributed by atoms with Gasteiger partial charge in [-0.25, -0.2) is 17.9 Å². The van der Waals surface area contributed by atoms with E-state index in [0.29, 0.717) is 11.1 Å². The summed E-state index contributed by atoms with van der Waals surface area (Å²) in [6.07, 6.45) is -0.208. The lowest BCUT2D eigenvalue weighted by Crippen LogP contribution is -2.46. The molecule has 2 aromatic rings. The molecule has 186 valence electrons. The number of hydrogen-bond acceptors (Lipinski definition) is 6. The number of nitrogens with zero attached hydrogens (tertiary/aromatic N) is 2. The first-order valence-corrected chi connectivity index (χ1v) is 12.7. The zero-order valence-corrected chi connectivity index (χ0v) is 20.7. The fourth-order valence-corrected chi connectivity index (χ4v) is 5.07. The van der Waals surface area contributed by atoms with Crippen LogP contribution in [0.1, 0.15) is 49.8 Å². The van der Waals surface area contributed by atoms with E-state index in [2.05, 4.69) is 4.72 Å². The Bertz CT molecular complexity index is 1250. The van der Waals surface area contributed by atoms with E-state index in [1.54, 1.807) is 45.0 Å². The molecule has 0 bridgehead atoms. The van der Waals surface area contributed by atoms with Crippen molar-refractivity contribution in [1.29, 1.82) is 5.26 Å². The first-order chi connectivity index (χ1) is 16.4. The van der Waals surface area contributed by atoms with Crippen LogP contribution >= 0.6 is 0 Å². The molecule has 9 nitrogen and oxygen atoms in total. The van der Waals surface area contributed by atoms with Gasteiger partial charge in [0.15, 0.2) is 0 Å². The van der Waals surface area contributed by atoms with Gasteiger partial charge in [0, 0.05) is 25.6 Å². The SMILES string of the molecule is CC(C)(C)OC(=O)N1CC[C@@H](C(=O)O)[C@H](c2cccc(CNS(=O)(=O)c3cccc(C#N)c3)c2)C1. The molecule has 1 heterocycles. The van der Waals surface area contributed by atoms with Gasteiger partial charge in [-0.05, 0) is 56.5 Å². The van der Waals surface area contributed by atoms with Gasteiger partial charge in [-0.2, -0.15) is 5.26 Å². The lowest BCUT2D eigenvalue weighted by molar-refractivity contribution is -0.144. The van der Waals surface area contributed by atoms with Crippen LogP contribution in [0, 0.1) is 17.2 Å². The third kappa shape index (κ3) is 6.81. The Kier molecular flexibility index (Phi) is 7.83. The maximum absolute atomic E-state index is 12.7. The zero-order chi connectivity index (χ0) is 25.8. The van der Waals surface area contributed by atoms with Crippen LogP contribution in [-0.2, 0) is 26.1 Å². The number of carbonyl (C=O) groups is 2. The molecule has 1 fully saturated rings. The van der Waals surface area contributed by atoms with Gasteiger partial charge < -0.3 is 14.7 Å². The molecule has 0 spiro atoms. The van der Waals surface area contributed by atoms with E-state index in [9.17, 15) is 23.1 Å². The molecule has 0 aromatic heterocycles. The predicted molar refractivity (Wildman–Crippen MR) is 128 cm³/mol. The van der Waals surface area contributed by atoms with Crippen LogP contribution in [0.15, 0.2) is 53.4 Å². The van der Waals surface area contributed by atoms with E-state index >= 15 is 0 Å². The van der Waals surface area contributed by atoms with Gasteiger partial charge in [0.05, 0.1) is 22.4 Å². The molecule has 0 unspecified atom stereocenters. The Balaban J connectivity index is 1.79. The third-order valence-corrected chi connectivity index (χ3v) is 7.10. The molecule has 10 heteroatoms. The summed E-state index contributed by atoms with van der Waals surface area (Å²) in [7, 11) is -3.86. The van der Waals surface area contributed by atoms with Gasteiger partial charge >= 0.3 is 12.1 Å². The van der Waals surface area contributed by atoms with Crippen molar-refractivity contribution in [2.75, 3.05) is 13.1 Å². The van der Waals surface area contributed by atoms with Crippen molar-refractivity contribution < 1.29 is 27.9 Å². The van der Waals surface area contributed by atoms with E-state index in [1.807, 2.05) is 6.07 Å². The number of carboxylic acids is 1. The monoisotopic (exact) mass is 499 g/mol. The van der Waals surface area contributed by atoms with Gasteiger partial charge in [-0.15, -0.1) is 0 Å². The highest BCUT2D eigenvalue weighted by atomic mass is 32.2. The first-order valence-electron chi connectivity index (χ1n) is 11.2. The molecular formula is C25H29N3O6S. The number of likely N-dealkylation sites (tertiary alicyclic amines) is 1. The second-order valence-corrected chi connectivity index (χ2v) is 11.2.